The number of fused-ring (bicyclic) bond motifs is 1. The Morgan fingerprint density at radius 1 is 1.45 bits per heavy atom. The third-order valence-electron chi connectivity index (χ3n) is 3.30. The Morgan fingerprint density at radius 2 is 2.30 bits per heavy atom. The van der Waals surface area contributed by atoms with Gasteiger partial charge in [0.2, 0.25) is 5.91 Å². The zero-order chi connectivity index (χ0) is 14.1. The van der Waals surface area contributed by atoms with Gasteiger partial charge in [0, 0.05) is 23.8 Å². The molecule has 2 heterocycles. The largest absolute Gasteiger partial charge is 0.377 e. The Morgan fingerprint density at radius 3 is 3.05 bits per heavy atom. The van der Waals surface area contributed by atoms with E-state index in [2.05, 4.69) is 22.7 Å². The molecule has 2 aromatic rings. The van der Waals surface area contributed by atoms with Crippen LogP contribution in [-0.2, 0) is 11.8 Å². The summed E-state index contributed by atoms with van der Waals surface area (Å²) in [7, 11) is 1.93. The van der Waals surface area contributed by atoms with E-state index < -0.39 is 0 Å². The molecule has 0 aliphatic carbocycles. The van der Waals surface area contributed by atoms with E-state index in [1.165, 1.54) is 0 Å². The molecule has 104 valence electrons. The quantitative estimate of drug-likeness (QED) is 0.911. The molecular formula is C14H16N4OS. The normalized spacial score (nSPS) is 15.4. The Labute approximate surface area is 121 Å². The lowest BCUT2D eigenvalue weighted by molar-refractivity contribution is -0.113. The van der Waals surface area contributed by atoms with E-state index in [0.29, 0.717) is 5.75 Å². The second-order valence-corrected chi connectivity index (χ2v) is 5.81. The molecule has 6 heteroatoms. The highest BCUT2D eigenvalue weighted by Gasteiger charge is 2.16. The molecule has 1 aromatic heterocycles. The number of aryl methyl sites for hydroxylation is 1. The molecule has 1 atom stereocenters. The van der Waals surface area contributed by atoms with Crippen LogP contribution < -0.4 is 10.6 Å². The van der Waals surface area contributed by atoms with Crippen LogP contribution >= 0.6 is 11.8 Å². The lowest BCUT2D eigenvalue weighted by Crippen LogP contribution is -2.19. The molecule has 1 amide bonds. The highest BCUT2D eigenvalue weighted by Crippen LogP contribution is 2.34. The number of nitrogens with one attached hydrogen (secondary N) is 2. The van der Waals surface area contributed by atoms with Crippen molar-refractivity contribution in [2.75, 3.05) is 16.4 Å². The van der Waals surface area contributed by atoms with Crippen LogP contribution in [0, 0.1) is 0 Å². The lowest BCUT2D eigenvalue weighted by atomic mass is 10.2. The molecule has 0 spiro atoms. The van der Waals surface area contributed by atoms with Crippen LogP contribution in [0.5, 0.6) is 0 Å². The summed E-state index contributed by atoms with van der Waals surface area (Å²) >= 11 is 1.57. The van der Waals surface area contributed by atoms with Gasteiger partial charge in [-0.3, -0.25) is 9.48 Å². The summed E-state index contributed by atoms with van der Waals surface area (Å²) in [5.41, 5.74) is 2.98. The molecule has 3 rings (SSSR count). The zero-order valence-electron chi connectivity index (χ0n) is 11.4. The SMILES string of the molecule is CC(Nc1ccc2c(c1)NC(=O)CS2)c1ccnn1C. The summed E-state index contributed by atoms with van der Waals surface area (Å²) in [6.07, 6.45) is 1.79. The average molecular weight is 288 g/mol. The second kappa shape index (κ2) is 5.20. The number of carbonyl (C=O) groups excluding carboxylic acids is 1. The smallest absolute Gasteiger partial charge is 0.234 e. The minimum atomic E-state index is 0.0549. The summed E-state index contributed by atoms with van der Waals surface area (Å²) in [4.78, 5) is 12.5. The average Bonchev–Trinajstić information content (AvgIpc) is 2.84. The van der Waals surface area contributed by atoms with Gasteiger partial charge in [-0.2, -0.15) is 5.10 Å². The standard InChI is InChI=1S/C14H16N4OS/c1-9(12-5-6-15-18(12)2)16-10-3-4-13-11(7-10)17-14(19)8-20-13/h3-7,9,16H,8H2,1-2H3,(H,17,19). The van der Waals surface area contributed by atoms with E-state index in [9.17, 15) is 4.79 Å². The van der Waals surface area contributed by atoms with Gasteiger partial charge in [0.25, 0.3) is 0 Å². The number of benzene rings is 1. The van der Waals surface area contributed by atoms with Crippen LogP contribution in [-0.4, -0.2) is 21.4 Å². The summed E-state index contributed by atoms with van der Waals surface area (Å²) in [6, 6.07) is 8.20. The molecular weight excluding hydrogens is 272 g/mol. The fraction of sp³-hybridized carbons (Fsp3) is 0.286. The van der Waals surface area contributed by atoms with E-state index >= 15 is 0 Å². The molecule has 0 bridgehead atoms. The first kappa shape index (κ1) is 13.1. The van der Waals surface area contributed by atoms with Gasteiger partial charge in [0.1, 0.15) is 0 Å². The number of rotatable bonds is 3. The predicted octanol–water partition coefficient (Wildman–Crippen LogP) is 2.64. The first-order valence-electron chi connectivity index (χ1n) is 6.44. The maximum Gasteiger partial charge on any atom is 0.234 e. The molecule has 0 saturated carbocycles. The van der Waals surface area contributed by atoms with Crippen LogP contribution in [0.25, 0.3) is 0 Å². The minimum Gasteiger partial charge on any atom is -0.377 e. The topological polar surface area (TPSA) is 58.9 Å². The van der Waals surface area contributed by atoms with Crippen molar-refractivity contribution in [3.63, 3.8) is 0 Å². The Hall–Kier alpha value is -1.95. The zero-order valence-corrected chi connectivity index (χ0v) is 12.2. The van der Waals surface area contributed by atoms with Crippen molar-refractivity contribution in [1.82, 2.24) is 9.78 Å². The van der Waals surface area contributed by atoms with Crippen LogP contribution in [0.4, 0.5) is 11.4 Å². The number of thioether (sulfide) groups is 1. The van der Waals surface area contributed by atoms with E-state index in [-0.39, 0.29) is 11.9 Å². The predicted molar refractivity (Wildman–Crippen MR) is 81.0 cm³/mol. The van der Waals surface area contributed by atoms with Crippen molar-refractivity contribution >= 4 is 29.0 Å². The minimum absolute atomic E-state index is 0.0549. The summed E-state index contributed by atoms with van der Waals surface area (Å²) < 4.78 is 1.85. The van der Waals surface area contributed by atoms with Gasteiger partial charge < -0.3 is 10.6 Å². The van der Waals surface area contributed by atoms with Gasteiger partial charge in [-0.05, 0) is 31.2 Å². The molecule has 1 aromatic carbocycles. The molecule has 1 aliphatic rings. The Kier molecular flexibility index (Phi) is 3.40. The van der Waals surface area contributed by atoms with Gasteiger partial charge in [0.05, 0.1) is 23.2 Å². The fourth-order valence-electron chi connectivity index (χ4n) is 2.31. The molecule has 20 heavy (non-hydrogen) atoms. The summed E-state index contributed by atoms with van der Waals surface area (Å²) in [5.74, 6) is 0.546. The second-order valence-electron chi connectivity index (χ2n) is 4.79. The number of hydrogen-bond donors (Lipinski definition) is 2. The molecule has 0 fully saturated rings. The van der Waals surface area contributed by atoms with E-state index in [4.69, 9.17) is 0 Å². The number of anilines is 2. The van der Waals surface area contributed by atoms with Crippen molar-refractivity contribution in [2.24, 2.45) is 7.05 Å². The molecule has 0 saturated heterocycles. The molecule has 1 aliphatic heterocycles. The van der Waals surface area contributed by atoms with Crippen LogP contribution in [0.1, 0.15) is 18.7 Å². The van der Waals surface area contributed by atoms with Crippen molar-refractivity contribution in [3.05, 3.63) is 36.2 Å². The highest BCUT2D eigenvalue weighted by atomic mass is 32.2. The van der Waals surface area contributed by atoms with Crippen molar-refractivity contribution in [3.8, 4) is 0 Å². The van der Waals surface area contributed by atoms with Crippen LogP contribution in [0.15, 0.2) is 35.4 Å². The van der Waals surface area contributed by atoms with Crippen molar-refractivity contribution in [1.29, 1.82) is 0 Å². The van der Waals surface area contributed by atoms with Gasteiger partial charge >= 0.3 is 0 Å². The van der Waals surface area contributed by atoms with Gasteiger partial charge in [-0.1, -0.05) is 0 Å². The first-order chi connectivity index (χ1) is 9.63. The number of amides is 1. The monoisotopic (exact) mass is 288 g/mol. The van der Waals surface area contributed by atoms with Crippen LogP contribution in [0.2, 0.25) is 0 Å². The molecule has 5 nitrogen and oxygen atoms in total. The van der Waals surface area contributed by atoms with Gasteiger partial charge in [-0.25, -0.2) is 0 Å². The molecule has 1 unspecified atom stereocenters. The van der Waals surface area contributed by atoms with E-state index in [1.54, 1.807) is 18.0 Å². The van der Waals surface area contributed by atoms with E-state index in [0.717, 1.165) is 22.0 Å². The number of aromatic nitrogens is 2. The maximum atomic E-state index is 11.4. The maximum absolute atomic E-state index is 11.4. The Balaban J connectivity index is 1.80. The first-order valence-corrected chi connectivity index (χ1v) is 7.43. The molecule has 0 radical (unpaired) electrons. The molecule has 2 N–H and O–H groups in total. The highest BCUT2D eigenvalue weighted by molar-refractivity contribution is 8.00. The van der Waals surface area contributed by atoms with E-state index in [1.807, 2.05) is 36.0 Å². The fourth-order valence-corrected chi connectivity index (χ4v) is 3.09. The van der Waals surface area contributed by atoms with Crippen molar-refractivity contribution in [2.45, 2.75) is 17.9 Å². The van der Waals surface area contributed by atoms with Gasteiger partial charge in [-0.15, -0.1) is 11.8 Å². The van der Waals surface area contributed by atoms with Gasteiger partial charge in [0.15, 0.2) is 0 Å². The summed E-state index contributed by atoms with van der Waals surface area (Å²) in [6.45, 7) is 2.09. The number of carbonyl (C=O) groups is 1. The number of nitrogens with zero attached hydrogens (tertiary/aromatic N) is 2. The lowest BCUT2D eigenvalue weighted by Gasteiger charge is -2.20. The Bertz CT molecular complexity index is 652. The van der Waals surface area contributed by atoms with Crippen LogP contribution in [0.3, 0.4) is 0 Å². The summed E-state index contributed by atoms with van der Waals surface area (Å²) in [5, 5.41) is 10.5. The number of hydrogen-bond acceptors (Lipinski definition) is 4. The third-order valence-corrected chi connectivity index (χ3v) is 4.37. The van der Waals surface area contributed by atoms with Crippen molar-refractivity contribution < 1.29 is 4.79 Å². The third kappa shape index (κ3) is 2.51.